The molecule has 0 saturated heterocycles. The largest absolute Gasteiger partial charge is 0.497 e. The van der Waals surface area contributed by atoms with Gasteiger partial charge in [0.25, 0.3) is 0 Å². The maximum atomic E-state index is 14.2. The lowest BCUT2D eigenvalue weighted by atomic mass is 10.0. The van der Waals surface area contributed by atoms with Crippen LogP contribution in [0.2, 0.25) is 0 Å². The van der Waals surface area contributed by atoms with Gasteiger partial charge in [-0.05, 0) is 26.1 Å². The van der Waals surface area contributed by atoms with Gasteiger partial charge in [-0.25, -0.2) is 9.38 Å². The molecule has 0 fully saturated rings. The first kappa shape index (κ1) is 13.5. The van der Waals surface area contributed by atoms with Crippen LogP contribution in [0.4, 0.5) is 4.39 Å². The van der Waals surface area contributed by atoms with Crippen LogP contribution in [0, 0.1) is 5.82 Å². The fraction of sp³-hybridized carbons (Fsp3) is 0.357. The van der Waals surface area contributed by atoms with Crippen molar-refractivity contribution in [2.24, 2.45) is 10.7 Å². The van der Waals surface area contributed by atoms with Crippen molar-refractivity contribution in [1.29, 1.82) is 0 Å². The van der Waals surface area contributed by atoms with E-state index < -0.39 is 0 Å². The second-order valence-electron chi connectivity index (χ2n) is 4.61. The molecule has 102 valence electrons. The summed E-state index contributed by atoms with van der Waals surface area (Å²) in [6.07, 6.45) is 1.82. The molecule has 1 heterocycles. The first-order valence-corrected chi connectivity index (χ1v) is 6.07. The molecule has 1 aromatic rings. The van der Waals surface area contributed by atoms with Crippen molar-refractivity contribution in [1.82, 2.24) is 4.90 Å². The molecule has 0 bridgehead atoms. The number of ether oxygens (including phenoxy) is 1. The molecule has 2 N–H and O–H groups in total. The molecule has 2 rings (SSSR count). The van der Waals surface area contributed by atoms with E-state index in [0.717, 1.165) is 5.71 Å². The Morgan fingerprint density at radius 1 is 1.47 bits per heavy atom. The summed E-state index contributed by atoms with van der Waals surface area (Å²) in [6, 6.07) is 4.65. The van der Waals surface area contributed by atoms with Gasteiger partial charge in [0.2, 0.25) is 0 Å². The van der Waals surface area contributed by atoms with Crippen LogP contribution >= 0.6 is 0 Å². The van der Waals surface area contributed by atoms with E-state index in [9.17, 15) is 4.39 Å². The topological polar surface area (TPSA) is 50.9 Å². The monoisotopic (exact) mass is 263 g/mol. The lowest BCUT2D eigenvalue weighted by Crippen LogP contribution is -2.29. The Morgan fingerprint density at radius 2 is 2.21 bits per heavy atom. The van der Waals surface area contributed by atoms with Gasteiger partial charge in [0, 0.05) is 23.9 Å². The minimum Gasteiger partial charge on any atom is -0.497 e. The van der Waals surface area contributed by atoms with Gasteiger partial charge in [-0.2, -0.15) is 0 Å². The number of hydrogen-bond donors (Lipinski definition) is 1. The van der Waals surface area contributed by atoms with Gasteiger partial charge < -0.3 is 10.5 Å². The quantitative estimate of drug-likeness (QED) is 0.888. The highest BCUT2D eigenvalue weighted by Gasteiger charge is 2.24. The molecule has 1 aliphatic heterocycles. The number of aliphatic imine (C=N–C) groups is 1. The van der Waals surface area contributed by atoms with Crippen LogP contribution in [0.1, 0.15) is 18.5 Å². The van der Waals surface area contributed by atoms with Crippen molar-refractivity contribution in [2.75, 3.05) is 20.7 Å². The zero-order valence-electron chi connectivity index (χ0n) is 11.4. The van der Waals surface area contributed by atoms with E-state index in [1.54, 1.807) is 12.1 Å². The number of nitrogens with two attached hydrogens (primary N) is 1. The maximum Gasteiger partial charge on any atom is 0.132 e. The van der Waals surface area contributed by atoms with E-state index in [-0.39, 0.29) is 11.9 Å². The molecule has 0 aliphatic carbocycles. The molecule has 0 amide bonds. The first-order valence-electron chi connectivity index (χ1n) is 6.07. The maximum absolute atomic E-state index is 14.2. The van der Waals surface area contributed by atoms with E-state index in [0.29, 0.717) is 23.7 Å². The molecule has 0 radical (unpaired) electrons. The molecule has 1 unspecified atom stereocenters. The molecule has 1 aliphatic rings. The fourth-order valence-corrected chi connectivity index (χ4v) is 2.29. The van der Waals surface area contributed by atoms with Crippen LogP contribution in [0.25, 0.3) is 0 Å². The Labute approximate surface area is 112 Å². The van der Waals surface area contributed by atoms with Crippen molar-refractivity contribution in [3.8, 4) is 5.75 Å². The van der Waals surface area contributed by atoms with Crippen molar-refractivity contribution >= 4 is 5.71 Å². The normalized spacial score (nSPS) is 20.5. The van der Waals surface area contributed by atoms with E-state index in [1.165, 1.54) is 13.2 Å². The van der Waals surface area contributed by atoms with Crippen LogP contribution in [0.15, 0.2) is 35.1 Å². The molecule has 1 atom stereocenters. The molecule has 0 spiro atoms. The lowest BCUT2D eigenvalue weighted by molar-refractivity contribution is 0.327. The van der Waals surface area contributed by atoms with E-state index >= 15 is 0 Å². The number of hydrogen-bond acceptors (Lipinski definition) is 4. The molecule has 0 saturated carbocycles. The standard InChI is InChI=1S/C14H18FN3O/c1-9-14(18(2)7-6-13(16)17-9)11-5-4-10(19-3)8-12(11)15/h4-6,8,14H,7,16H2,1-3H3. The second-order valence-corrected chi connectivity index (χ2v) is 4.61. The van der Waals surface area contributed by atoms with Gasteiger partial charge >= 0.3 is 0 Å². The van der Waals surface area contributed by atoms with Crippen LogP contribution in [-0.2, 0) is 0 Å². The number of halogens is 1. The molecular formula is C14H18FN3O. The Hall–Kier alpha value is -1.88. The summed E-state index contributed by atoms with van der Waals surface area (Å²) in [7, 11) is 3.44. The van der Waals surface area contributed by atoms with Gasteiger partial charge in [0.1, 0.15) is 17.4 Å². The van der Waals surface area contributed by atoms with Gasteiger partial charge in [-0.3, -0.25) is 4.90 Å². The Balaban J connectivity index is 2.42. The minimum absolute atomic E-state index is 0.219. The summed E-state index contributed by atoms with van der Waals surface area (Å²) in [5, 5.41) is 0. The highest BCUT2D eigenvalue weighted by atomic mass is 19.1. The average molecular weight is 263 g/mol. The van der Waals surface area contributed by atoms with Crippen molar-refractivity contribution < 1.29 is 9.13 Å². The third kappa shape index (κ3) is 2.76. The van der Waals surface area contributed by atoms with Crippen LogP contribution < -0.4 is 10.5 Å². The van der Waals surface area contributed by atoms with Crippen LogP contribution in [0.3, 0.4) is 0 Å². The summed E-state index contributed by atoms with van der Waals surface area (Å²) in [5.41, 5.74) is 7.10. The summed E-state index contributed by atoms with van der Waals surface area (Å²) in [6.45, 7) is 2.49. The first-order chi connectivity index (χ1) is 9.02. The van der Waals surface area contributed by atoms with Gasteiger partial charge in [0.15, 0.2) is 0 Å². The SMILES string of the molecule is COc1ccc(C2C(C)=NC(N)=CCN2C)c(F)c1. The molecule has 5 heteroatoms. The van der Waals surface area contributed by atoms with Crippen molar-refractivity contribution in [3.63, 3.8) is 0 Å². The van der Waals surface area contributed by atoms with Crippen LogP contribution in [0.5, 0.6) is 5.75 Å². The van der Waals surface area contributed by atoms with E-state index in [4.69, 9.17) is 10.5 Å². The number of rotatable bonds is 2. The minimum atomic E-state index is -0.300. The summed E-state index contributed by atoms with van der Waals surface area (Å²) < 4.78 is 19.2. The second kappa shape index (κ2) is 5.40. The van der Waals surface area contributed by atoms with Crippen molar-refractivity contribution in [3.05, 3.63) is 41.5 Å². The fourth-order valence-electron chi connectivity index (χ4n) is 2.29. The Bertz CT molecular complexity index is 539. The number of benzene rings is 1. The van der Waals surface area contributed by atoms with Gasteiger partial charge in [-0.1, -0.05) is 6.07 Å². The number of methoxy groups -OCH3 is 1. The highest BCUT2D eigenvalue weighted by Crippen LogP contribution is 2.28. The van der Waals surface area contributed by atoms with Crippen LogP contribution in [-0.4, -0.2) is 31.3 Å². The molecule has 19 heavy (non-hydrogen) atoms. The predicted molar refractivity (Wildman–Crippen MR) is 73.7 cm³/mol. The predicted octanol–water partition coefficient (Wildman–Crippen LogP) is 2.08. The summed E-state index contributed by atoms with van der Waals surface area (Å²) in [4.78, 5) is 6.29. The van der Waals surface area contributed by atoms with E-state index in [2.05, 4.69) is 4.99 Å². The average Bonchev–Trinajstić information content (AvgIpc) is 2.49. The third-order valence-corrected chi connectivity index (χ3v) is 3.23. The third-order valence-electron chi connectivity index (χ3n) is 3.23. The van der Waals surface area contributed by atoms with Gasteiger partial charge in [-0.15, -0.1) is 0 Å². The molecule has 0 aromatic heterocycles. The molecule has 1 aromatic carbocycles. The zero-order valence-corrected chi connectivity index (χ0v) is 11.4. The molecule has 4 nitrogen and oxygen atoms in total. The smallest absolute Gasteiger partial charge is 0.132 e. The summed E-state index contributed by atoms with van der Waals surface area (Å²) in [5.74, 6) is 0.678. The molecular weight excluding hydrogens is 245 g/mol. The lowest BCUT2D eigenvalue weighted by Gasteiger charge is -2.26. The van der Waals surface area contributed by atoms with E-state index in [1.807, 2.05) is 24.9 Å². The summed E-state index contributed by atoms with van der Waals surface area (Å²) >= 11 is 0. The van der Waals surface area contributed by atoms with Gasteiger partial charge in [0.05, 0.1) is 13.2 Å². The number of likely N-dealkylation sites (N-methyl/N-ethyl adjacent to an activating group) is 1. The Kier molecular flexibility index (Phi) is 3.85. The Morgan fingerprint density at radius 3 is 2.84 bits per heavy atom. The van der Waals surface area contributed by atoms with Crippen molar-refractivity contribution in [2.45, 2.75) is 13.0 Å². The zero-order chi connectivity index (χ0) is 14.0. The number of nitrogens with zero attached hydrogens (tertiary/aromatic N) is 2. The highest BCUT2D eigenvalue weighted by molar-refractivity contribution is 5.89.